The molecule has 1 aromatic carbocycles. The number of hydrogen-bond donors (Lipinski definition) is 0. The van der Waals surface area contributed by atoms with E-state index < -0.39 is 5.79 Å². The molecule has 59 heavy (non-hydrogen) atoms. The van der Waals surface area contributed by atoms with Crippen LogP contribution in [0.15, 0.2) is 78.9 Å². The lowest BCUT2D eigenvalue weighted by Gasteiger charge is -2.54. The van der Waals surface area contributed by atoms with Gasteiger partial charge in [0.1, 0.15) is 6.61 Å². The third kappa shape index (κ3) is 19.3. The van der Waals surface area contributed by atoms with Gasteiger partial charge in [-0.05, 0) is 101 Å². The molecule has 1 aliphatic heterocycles. The zero-order valence-electron chi connectivity index (χ0n) is 38.2. The maximum Gasteiger partial charge on any atom is 0.410 e. The lowest BCUT2D eigenvalue weighted by Crippen LogP contribution is -2.53. The second-order valence-electron chi connectivity index (χ2n) is 18.5. The molecule has 332 valence electrons. The van der Waals surface area contributed by atoms with E-state index in [9.17, 15) is 4.79 Å². The van der Waals surface area contributed by atoms with Crippen molar-refractivity contribution in [2.45, 2.75) is 237 Å². The van der Waals surface area contributed by atoms with Gasteiger partial charge >= 0.3 is 6.09 Å². The highest BCUT2D eigenvalue weighted by Crippen LogP contribution is 2.61. The summed E-state index contributed by atoms with van der Waals surface area (Å²) in [6, 6.07) is 9.99. The summed E-state index contributed by atoms with van der Waals surface area (Å²) in [5.74, 6) is -0.399. The molecule has 0 radical (unpaired) electrons. The van der Waals surface area contributed by atoms with E-state index in [4.69, 9.17) is 14.2 Å². The molecule has 0 N–H and O–H groups in total. The molecule has 0 aromatic heterocycles. The van der Waals surface area contributed by atoms with Crippen LogP contribution >= 0.6 is 0 Å². The topological polar surface area (TPSA) is 48.0 Å². The summed E-state index contributed by atoms with van der Waals surface area (Å²) in [6.07, 6.45) is 56.3. The first-order chi connectivity index (χ1) is 29.0. The number of nitrogens with zero attached hydrogens (tertiary/aromatic N) is 1. The number of carbonyl (C=O) groups is 1. The average molecular weight is 814 g/mol. The highest BCUT2D eigenvalue weighted by atomic mass is 16.8. The Hall–Kier alpha value is -2.63. The number of benzene rings is 1. The third-order valence-electron chi connectivity index (χ3n) is 13.3. The van der Waals surface area contributed by atoms with Crippen molar-refractivity contribution in [3.8, 4) is 0 Å². The van der Waals surface area contributed by atoms with Crippen LogP contribution in [0.3, 0.4) is 0 Å². The zero-order chi connectivity index (χ0) is 41.7. The Morgan fingerprint density at radius 2 is 1.03 bits per heavy atom. The summed E-state index contributed by atoms with van der Waals surface area (Å²) in [5.41, 5.74) is 1.37. The van der Waals surface area contributed by atoms with E-state index in [1.165, 1.54) is 154 Å². The van der Waals surface area contributed by atoms with E-state index in [1.54, 1.807) is 4.90 Å². The van der Waals surface area contributed by atoms with Gasteiger partial charge in [0, 0.05) is 25.9 Å². The van der Waals surface area contributed by atoms with E-state index in [1.807, 2.05) is 37.4 Å². The number of allylic oxidation sites excluding steroid dienone is 8. The molecule has 1 saturated heterocycles. The molecule has 1 unspecified atom stereocenters. The van der Waals surface area contributed by atoms with Crippen LogP contribution in [0.2, 0.25) is 0 Å². The standard InChI is InChI=1S/C54H87NO4/c1-4-6-8-10-12-14-16-18-20-22-24-26-28-30-32-37-41-53(42-38-33-31-29-27-25-23-21-19-17-15-13-11-9-7-5-2)46-54(47-53)58-50-43-49(44-51(50)59-54)55(3)52(56)57-45-48-39-35-34-36-40-48/h12-15,18-21,34-36,39-40,49-51H,4-11,16-17,22-33,37-38,41-47H2,1-3H3/b14-12-,15-13-,20-18-,21-19-/t49?,50-,51+. The van der Waals surface area contributed by atoms with Crippen LogP contribution in [0.1, 0.15) is 212 Å². The smallest absolute Gasteiger partial charge is 0.410 e. The minimum absolute atomic E-state index is 0.0751. The first-order valence-electron chi connectivity index (χ1n) is 24.9. The molecule has 2 aliphatic carbocycles. The molecule has 1 heterocycles. The molecule has 0 bridgehead atoms. The number of hydrogen-bond acceptors (Lipinski definition) is 4. The zero-order valence-corrected chi connectivity index (χ0v) is 38.2. The van der Waals surface area contributed by atoms with E-state index >= 15 is 0 Å². The van der Waals surface area contributed by atoms with Crippen molar-refractivity contribution in [3.63, 3.8) is 0 Å². The summed E-state index contributed by atoms with van der Waals surface area (Å²) < 4.78 is 19.2. The van der Waals surface area contributed by atoms with Crippen LogP contribution in [0.4, 0.5) is 4.79 Å². The quantitative estimate of drug-likeness (QED) is 0.0524. The van der Waals surface area contributed by atoms with E-state index in [0.717, 1.165) is 44.1 Å². The molecular formula is C54H87NO4. The summed E-state index contributed by atoms with van der Waals surface area (Å²) in [7, 11) is 1.86. The number of fused-ring (bicyclic) bond motifs is 1. The van der Waals surface area contributed by atoms with Crippen molar-refractivity contribution in [1.29, 1.82) is 0 Å². The molecule has 5 nitrogen and oxygen atoms in total. The molecule has 3 atom stereocenters. The first kappa shape index (κ1) is 49.0. The first-order valence-corrected chi connectivity index (χ1v) is 24.9. The molecule has 3 fully saturated rings. The van der Waals surface area contributed by atoms with Gasteiger partial charge in [0.2, 0.25) is 0 Å². The molecule has 3 aliphatic rings. The van der Waals surface area contributed by atoms with Crippen molar-refractivity contribution >= 4 is 6.09 Å². The van der Waals surface area contributed by atoms with Gasteiger partial charge in [-0.3, -0.25) is 0 Å². The summed E-state index contributed by atoms with van der Waals surface area (Å²) in [4.78, 5) is 14.7. The average Bonchev–Trinajstić information content (AvgIpc) is 3.79. The van der Waals surface area contributed by atoms with Gasteiger partial charge in [0.15, 0.2) is 5.79 Å². The van der Waals surface area contributed by atoms with Crippen LogP contribution in [0.5, 0.6) is 0 Å². The van der Waals surface area contributed by atoms with Crippen LogP contribution in [0, 0.1) is 5.41 Å². The Kier molecular flexibility index (Phi) is 24.6. The fraction of sp³-hybridized carbons (Fsp3) is 0.722. The monoisotopic (exact) mass is 814 g/mol. The highest BCUT2D eigenvalue weighted by molar-refractivity contribution is 5.67. The van der Waals surface area contributed by atoms with Crippen LogP contribution < -0.4 is 0 Å². The third-order valence-corrected chi connectivity index (χ3v) is 13.3. The van der Waals surface area contributed by atoms with Gasteiger partial charge in [-0.2, -0.15) is 0 Å². The Labute approximate surface area is 362 Å². The highest BCUT2D eigenvalue weighted by Gasteiger charge is 2.63. The Balaban J connectivity index is 1.12. The molecule has 1 spiro atoms. The molecule has 5 heteroatoms. The van der Waals surface area contributed by atoms with Gasteiger partial charge in [0.05, 0.1) is 12.2 Å². The Bertz CT molecular complexity index is 1280. The van der Waals surface area contributed by atoms with Crippen molar-refractivity contribution in [1.82, 2.24) is 4.90 Å². The second-order valence-corrected chi connectivity index (χ2v) is 18.5. The maximum absolute atomic E-state index is 12.9. The lowest BCUT2D eigenvalue weighted by molar-refractivity contribution is -0.281. The van der Waals surface area contributed by atoms with E-state index in [-0.39, 0.29) is 24.3 Å². The summed E-state index contributed by atoms with van der Waals surface area (Å²) in [6.45, 7) is 4.83. The predicted octanol–water partition coefficient (Wildman–Crippen LogP) is 16.1. The Morgan fingerprint density at radius 3 is 1.49 bits per heavy atom. The normalized spacial score (nSPS) is 20.8. The molecule has 1 amide bonds. The molecular weight excluding hydrogens is 727 g/mol. The summed E-state index contributed by atoms with van der Waals surface area (Å²) in [5, 5.41) is 0. The largest absolute Gasteiger partial charge is 0.445 e. The van der Waals surface area contributed by atoms with Crippen LogP contribution in [0.25, 0.3) is 0 Å². The maximum atomic E-state index is 12.9. The Morgan fingerprint density at radius 1 is 0.610 bits per heavy atom. The van der Waals surface area contributed by atoms with Crippen molar-refractivity contribution in [2.24, 2.45) is 5.41 Å². The molecule has 4 rings (SSSR count). The van der Waals surface area contributed by atoms with Crippen molar-refractivity contribution < 1.29 is 19.0 Å². The predicted molar refractivity (Wildman–Crippen MR) is 250 cm³/mol. The van der Waals surface area contributed by atoms with Crippen LogP contribution in [-0.4, -0.2) is 42.1 Å². The van der Waals surface area contributed by atoms with Crippen molar-refractivity contribution in [3.05, 3.63) is 84.5 Å². The number of rotatable bonds is 33. The fourth-order valence-corrected chi connectivity index (χ4v) is 9.76. The molecule has 2 saturated carbocycles. The van der Waals surface area contributed by atoms with Crippen LogP contribution in [-0.2, 0) is 20.8 Å². The number of ether oxygens (including phenoxy) is 3. The summed E-state index contributed by atoms with van der Waals surface area (Å²) >= 11 is 0. The van der Waals surface area contributed by atoms with Gasteiger partial charge in [-0.15, -0.1) is 0 Å². The molecule has 1 aromatic rings. The lowest BCUT2D eigenvalue weighted by atomic mass is 9.59. The number of carbonyl (C=O) groups excluding carboxylic acids is 1. The van der Waals surface area contributed by atoms with E-state index in [0.29, 0.717) is 12.0 Å². The van der Waals surface area contributed by atoms with Gasteiger partial charge in [0.25, 0.3) is 0 Å². The number of unbranched alkanes of at least 4 members (excludes halogenated alkanes) is 18. The van der Waals surface area contributed by atoms with Gasteiger partial charge in [-0.1, -0.05) is 183 Å². The van der Waals surface area contributed by atoms with Gasteiger partial charge in [-0.25, -0.2) is 4.79 Å². The van der Waals surface area contributed by atoms with E-state index in [2.05, 4.69) is 62.5 Å². The fourth-order valence-electron chi connectivity index (χ4n) is 9.76. The van der Waals surface area contributed by atoms with Gasteiger partial charge < -0.3 is 19.1 Å². The second kappa shape index (κ2) is 29.6. The minimum atomic E-state index is -0.399. The minimum Gasteiger partial charge on any atom is -0.445 e. The van der Waals surface area contributed by atoms with Crippen molar-refractivity contribution in [2.75, 3.05) is 7.05 Å². The SMILES string of the molecule is CCCCC/C=C\C/C=C\CCCCCCCCC1(CCCCCCCC/C=C\C/C=C\CCCCC)CC2(C1)O[C@H]1CC(N(C)C(=O)OCc3ccccc3)C[C@H]1O2. The number of amides is 1.